The molecule has 0 aliphatic rings. The topological polar surface area (TPSA) is 95.6 Å². The van der Waals surface area contributed by atoms with Crippen LogP contribution in [0.2, 0.25) is 0 Å². The summed E-state index contributed by atoms with van der Waals surface area (Å²) in [5.74, 6) is 1.08. The van der Waals surface area contributed by atoms with E-state index in [0.717, 1.165) is 25.2 Å². The van der Waals surface area contributed by atoms with Gasteiger partial charge in [0.1, 0.15) is 17.3 Å². The molecule has 3 N–H and O–H groups in total. The van der Waals surface area contributed by atoms with Crippen LogP contribution in [0.15, 0.2) is 24.8 Å². The van der Waals surface area contributed by atoms with Crippen molar-refractivity contribution in [2.24, 2.45) is 0 Å². The van der Waals surface area contributed by atoms with Gasteiger partial charge < -0.3 is 15.6 Å². The van der Waals surface area contributed by atoms with E-state index in [-0.39, 0.29) is 11.9 Å². The second-order valence-electron chi connectivity index (χ2n) is 4.63. The number of nitrogens with zero attached hydrogens (tertiary/aromatic N) is 3. The van der Waals surface area contributed by atoms with Gasteiger partial charge in [0.2, 0.25) is 0 Å². The van der Waals surface area contributed by atoms with Gasteiger partial charge in [-0.2, -0.15) is 0 Å². The van der Waals surface area contributed by atoms with Crippen LogP contribution in [0, 0.1) is 0 Å². The highest BCUT2D eigenvalue weighted by Gasteiger charge is 2.17. The number of aromatic amines is 1. The van der Waals surface area contributed by atoms with E-state index in [2.05, 4.69) is 37.5 Å². The highest BCUT2D eigenvalue weighted by atomic mass is 16.2. The summed E-state index contributed by atoms with van der Waals surface area (Å²) in [6.07, 6.45) is 8.19. The minimum absolute atomic E-state index is 0.165. The van der Waals surface area contributed by atoms with Crippen molar-refractivity contribution < 1.29 is 4.79 Å². The minimum Gasteiger partial charge on any atom is -0.369 e. The molecule has 0 saturated carbocycles. The Morgan fingerprint density at radius 3 is 2.90 bits per heavy atom. The smallest absolute Gasteiger partial charge is 0.272 e. The number of carbonyl (C=O) groups is 1. The maximum Gasteiger partial charge on any atom is 0.272 e. The van der Waals surface area contributed by atoms with Crippen LogP contribution in [0.1, 0.15) is 49.0 Å². The van der Waals surface area contributed by atoms with Crippen LogP contribution >= 0.6 is 0 Å². The zero-order chi connectivity index (χ0) is 15.1. The first-order chi connectivity index (χ1) is 10.2. The Balaban J connectivity index is 2.05. The van der Waals surface area contributed by atoms with Crippen LogP contribution in [-0.2, 0) is 0 Å². The summed E-state index contributed by atoms with van der Waals surface area (Å²) in [6, 6.07) is -0.165. The van der Waals surface area contributed by atoms with Gasteiger partial charge in [-0.1, -0.05) is 13.8 Å². The van der Waals surface area contributed by atoms with E-state index in [1.54, 1.807) is 18.6 Å². The summed E-state index contributed by atoms with van der Waals surface area (Å²) in [7, 11) is 0. The lowest BCUT2D eigenvalue weighted by atomic mass is 10.2. The highest BCUT2D eigenvalue weighted by molar-refractivity contribution is 5.92. The standard InChI is InChI=1S/C14H20N6O/c1-3-5-16-12-9-15-8-11(19-12)14(21)20-10(4-2)13-17-6-7-18-13/h6-10H,3-5H2,1-2H3,(H,16,19)(H,17,18)(H,20,21). The number of anilines is 1. The normalized spacial score (nSPS) is 11.9. The van der Waals surface area contributed by atoms with Crippen molar-refractivity contribution >= 4 is 11.7 Å². The Bertz CT molecular complexity index is 569. The van der Waals surface area contributed by atoms with Gasteiger partial charge >= 0.3 is 0 Å². The van der Waals surface area contributed by atoms with Gasteiger partial charge in [-0.15, -0.1) is 0 Å². The molecule has 2 aromatic heterocycles. The van der Waals surface area contributed by atoms with Gasteiger partial charge in [-0.05, 0) is 12.8 Å². The third kappa shape index (κ3) is 4.01. The number of H-pyrrole nitrogens is 1. The fourth-order valence-corrected chi connectivity index (χ4v) is 1.88. The Kier molecular flexibility index (Phi) is 5.25. The van der Waals surface area contributed by atoms with Gasteiger partial charge in [0, 0.05) is 18.9 Å². The molecule has 0 aliphatic heterocycles. The van der Waals surface area contributed by atoms with E-state index >= 15 is 0 Å². The van der Waals surface area contributed by atoms with Crippen LogP contribution in [0.3, 0.4) is 0 Å². The number of nitrogens with one attached hydrogen (secondary N) is 3. The first-order valence-electron chi connectivity index (χ1n) is 7.10. The van der Waals surface area contributed by atoms with Crippen LogP contribution in [0.4, 0.5) is 5.82 Å². The average molecular weight is 288 g/mol. The zero-order valence-electron chi connectivity index (χ0n) is 12.3. The molecule has 0 aromatic carbocycles. The molecule has 0 bridgehead atoms. The fraction of sp³-hybridized carbons (Fsp3) is 0.429. The Hall–Kier alpha value is -2.44. The minimum atomic E-state index is -0.258. The van der Waals surface area contributed by atoms with Crippen molar-refractivity contribution in [3.05, 3.63) is 36.3 Å². The maximum atomic E-state index is 12.3. The molecule has 112 valence electrons. The maximum absolute atomic E-state index is 12.3. The summed E-state index contributed by atoms with van der Waals surface area (Å²) in [6.45, 7) is 4.84. The number of imidazole rings is 1. The molecule has 2 heterocycles. The molecule has 0 spiro atoms. The Morgan fingerprint density at radius 1 is 1.38 bits per heavy atom. The second-order valence-corrected chi connectivity index (χ2v) is 4.63. The SMILES string of the molecule is CCCNc1cncc(C(=O)NC(CC)c2ncc[nH]2)n1. The number of rotatable bonds is 7. The molecular weight excluding hydrogens is 268 g/mol. The summed E-state index contributed by atoms with van der Waals surface area (Å²) in [5, 5.41) is 6.02. The number of hydrogen-bond acceptors (Lipinski definition) is 5. The lowest BCUT2D eigenvalue weighted by Gasteiger charge is -2.14. The quantitative estimate of drug-likeness (QED) is 0.723. The molecule has 1 amide bonds. The molecule has 1 atom stereocenters. The molecule has 7 heteroatoms. The van der Waals surface area contributed by atoms with Gasteiger partial charge in [-0.3, -0.25) is 9.78 Å². The molecule has 21 heavy (non-hydrogen) atoms. The first kappa shape index (κ1) is 15.0. The van der Waals surface area contributed by atoms with Crippen LogP contribution < -0.4 is 10.6 Å². The van der Waals surface area contributed by atoms with E-state index in [1.165, 1.54) is 6.20 Å². The molecule has 0 saturated heterocycles. The number of aromatic nitrogens is 4. The molecule has 0 radical (unpaired) electrons. The molecule has 7 nitrogen and oxygen atoms in total. The third-order valence-electron chi connectivity index (χ3n) is 2.99. The number of amides is 1. The highest BCUT2D eigenvalue weighted by Crippen LogP contribution is 2.12. The average Bonchev–Trinajstić information content (AvgIpc) is 3.04. The van der Waals surface area contributed by atoms with Gasteiger partial charge in [0.15, 0.2) is 0 Å². The molecule has 2 aromatic rings. The van der Waals surface area contributed by atoms with Gasteiger partial charge in [-0.25, -0.2) is 9.97 Å². The summed E-state index contributed by atoms with van der Waals surface area (Å²) in [5.41, 5.74) is 0.293. The molecule has 0 aliphatic carbocycles. The van der Waals surface area contributed by atoms with Gasteiger partial charge in [0.25, 0.3) is 5.91 Å². The van der Waals surface area contributed by atoms with E-state index in [1.807, 2.05) is 6.92 Å². The number of hydrogen-bond donors (Lipinski definition) is 3. The van der Waals surface area contributed by atoms with E-state index in [9.17, 15) is 4.79 Å². The predicted molar refractivity (Wildman–Crippen MR) is 79.9 cm³/mol. The van der Waals surface area contributed by atoms with E-state index in [4.69, 9.17) is 0 Å². The summed E-state index contributed by atoms with van der Waals surface area (Å²) in [4.78, 5) is 27.7. The first-order valence-corrected chi connectivity index (χ1v) is 7.10. The lowest BCUT2D eigenvalue weighted by Crippen LogP contribution is -2.29. The van der Waals surface area contributed by atoms with Crippen molar-refractivity contribution in [3.63, 3.8) is 0 Å². The van der Waals surface area contributed by atoms with Crippen LogP contribution in [-0.4, -0.2) is 32.4 Å². The van der Waals surface area contributed by atoms with Crippen molar-refractivity contribution in [2.75, 3.05) is 11.9 Å². The Labute approximate surface area is 123 Å². The van der Waals surface area contributed by atoms with Crippen molar-refractivity contribution in [1.29, 1.82) is 0 Å². The van der Waals surface area contributed by atoms with E-state index < -0.39 is 0 Å². The van der Waals surface area contributed by atoms with Crippen LogP contribution in [0.25, 0.3) is 0 Å². The van der Waals surface area contributed by atoms with Crippen molar-refractivity contribution in [2.45, 2.75) is 32.7 Å². The molecule has 2 rings (SSSR count). The van der Waals surface area contributed by atoms with E-state index in [0.29, 0.717) is 11.5 Å². The summed E-state index contributed by atoms with van der Waals surface area (Å²) < 4.78 is 0. The molecule has 0 fully saturated rings. The van der Waals surface area contributed by atoms with Crippen molar-refractivity contribution in [1.82, 2.24) is 25.3 Å². The zero-order valence-corrected chi connectivity index (χ0v) is 12.3. The fourth-order valence-electron chi connectivity index (χ4n) is 1.88. The predicted octanol–water partition coefficient (Wildman–Crippen LogP) is 1.90. The monoisotopic (exact) mass is 288 g/mol. The van der Waals surface area contributed by atoms with Crippen LogP contribution in [0.5, 0.6) is 0 Å². The lowest BCUT2D eigenvalue weighted by molar-refractivity contribution is 0.0928. The van der Waals surface area contributed by atoms with Crippen molar-refractivity contribution in [3.8, 4) is 0 Å². The van der Waals surface area contributed by atoms with Gasteiger partial charge in [0.05, 0.1) is 18.4 Å². The third-order valence-corrected chi connectivity index (χ3v) is 2.99. The summed E-state index contributed by atoms with van der Waals surface area (Å²) >= 11 is 0. The molecule has 1 unspecified atom stereocenters. The number of carbonyl (C=O) groups excluding carboxylic acids is 1. The second kappa shape index (κ2) is 7.37. The Morgan fingerprint density at radius 2 is 2.24 bits per heavy atom. The largest absolute Gasteiger partial charge is 0.369 e. The molecular formula is C14H20N6O.